The second-order valence-corrected chi connectivity index (χ2v) is 6.91. The van der Waals surface area contributed by atoms with Crippen LogP contribution in [0.2, 0.25) is 0 Å². The minimum atomic E-state index is -0.430. The second kappa shape index (κ2) is 6.64. The van der Waals surface area contributed by atoms with Crippen molar-refractivity contribution in [1.82, 2.24) is 0 Å². The molecule has 0 bridgehead atoms. The Morgan fingerprint density at radius 3 is 2.35 bits per heavy atom. The summed E-state index contributed by atoms with van der Waals surface area (Å²) in [7, 11) is 1.78. The number of esters is 1. The maximum atomic E-state index is 11.8. The molecule has 17 heavy (non-hydrogen) atoms. The van der Waals surface area contributed by atoms with E-state index in [-0.39, 0.29) is 5.97 Å². The highest BCUT2D eigenvalue weighted by atomic mass is 32.2. The number of rotatable bonds is 5. The summed E-state index contributed by atoms with van der Waals surface area (Å²) in [6, 6.07) is 0. The molecule has 0 amide bonds. The first-order valence-corrected chi connectivity index (χ1v) is 7.25. The van der Waals surface area contributed by atoms with Crippen molar-refractivity contribution in [2.75, 3.05) is 13.7 Å². The monoisotopic (exact) mass is 260 g/mol. The number of carbonyl (C=O) groups is 1. The number of thioether (sulfide) groups is 1. The van der Waals surface area contributed by atoms with E-state index >= 15 is 0 Å². The van der Waals surface area contributed by atoms with Crippen LogP contribution in [0.3, 0.4) is 0 Å². The van der Waals surface area contributed by atoms with Gasteiger partial charge in [0.05, 0.1) is 12.7 Å². The molecule has 0 aliphatic heterocycles. The molecule has 3 nitrogen and oxygen atoms in total. The molecule has 0 saturated heterocycles. The molecule has 0 aromatic rings. The lowest BCUT2D eigenvalue weighted by atomic mass is 9.97. The number of methoxy groups -OCH3 is 1. The van der Waals surface area contributed by atoms with Gasteiger partial charge in [-0.3, -0.25) is 4.79 Å². The summed E-state index contributed by atoms with van der Waals surface area (Å²) in [5.41, 5.74) is 0. The van der Waals surface area contributed by atoms with Crippen LogP contribution in [-0.2, 0) is 14.3 Å². The third kappa shape index (κ3) is 4.51. The smallest absolute Gasteiger partial charge is 0.321 e. The van der Waals surface area contributed by atoms with Crippen LogP contribution in [0.1, 0.15) is 46.5 Å². The van der Waals surface area contributed by atoms with Crippen molar-refractivity contribution in [3.05, 3.63) is 0 Å². The summed E-state index contributed by atoms with van der Waals surface area (Å²) in [5, 5.41) is 0.556. The first kappa shape index (κ1) is 14.8. The molecule has 1 fully saturated rings. The zero-order valence-corrected chi connectivity index (χ0v) is 12.1. The molecule has 1 aliphatic rings. The van der Waals surface area contributed by atoms with Gasteiger partial charge in [-0.15, -0.1) is 11.8 Å². The van der Waals surface area contributed by atoms with Gasteiger partial charge in [-0.05, 0) is 46.5 Å². The highest BCUT2D eigenvalue weighted by Crippen LogP contribution is 2.38. The van der Waals surface area contributed by atoms with Crippen molar-refractivity contribution in [2.45, 2.75) is 62.6 Å². The zero-order chi connectivity index (χ0) is 12.9. The van der Waals surface area contributed by atoms with Gasteiger partial charge in [0, 0.05) is 12.4 Å². The second-order valence-electron chi connectivity index (χ2n) is 4.98. The van der Waals surface area contributed by atoms with Gasteiger partial charge in [-0.25, -0.2) is 0 Å². The van der Waals surface area contributed by atoms with E-state index in [9.17, 15) is 4.79 Å². The number of ether oxygens (including phenoxy) is 2. The minimum absolute atomic E-state index is 0.0983. The van der Waals surface area contributed by atoms with E-state index in [0.29, 0.717) is 18.0 Å². The molecule has 1 saturated carbocycles. The summed E-state index contributed by atoms with van der Waals surface area (Å²) in [6.45, 7) is 6.22. The molecule has 100 valence electrons. The predicted octanol–water partition coefficient (Wildman–Crippen LogP) is 3.02. The van der Waals surface area contributed by atoms with E-state index < -0.39 is 4.75 Å². The van der Waals surface area contributed by atoms with Crippen LogP contribution >= 0.6 is 11.8 Å². The Kier molecular flexibility index (Phi) is 5.80. The van der Waals surface area contributed by atoms with Crippen LogP contribution in [0.4, 0.5) is 0 Å². The fraction of sp³-hybridized carbons (Fsp3) is 0.923. The van der Waals surface area contributed by atoms with Crippen LogP contribution in [0, 0.1) is 0 Å². The van der Waals surface area contributed by atoms with Crippen molar-refractivity contribution in [2.24, 2.45) is 0 Å². The lowest BCUT2D eigenvalue weighted by Gasteiger charge is -2.32. The van der Waals surface area contributed by atoms with Gasteiger partial charge < -0.3 is 9.47 Å². The Morgan fingerprint density at radius 1 is 1.29 bits per heavy atom. The fourth-order valence-corrected chi connectivity index (χ4v) is 3.65. The van der Waals surface area contributed by atoms with E-state index in [2.05, 4.69) is 0 Å². The lowest BCUT2D eigenvalue weighted by Crippen LogP contribution is -2.34. The Labute approximate surface area is 109 Å². The zero-order valence-electron chi connectivity index (χ0n) is 11.3. The van der Waals surface area contributed by atoms with Crippen LogP contribution in [0.5, 0.6) is 0 Å². The molecular weight excluding hydrogens is 236 g/mol. The van der Waals surface area contributed by atoms with E-state index in [1.54, 1.807) is 18.9 Å². The maximum Gasteiger partial charge on any atom is 0.321 e. The summed E-state index contributed by atoms with van der Waals surface area (Å²) in [4.78, 5) is 11.8. The Hall–Kier alpha value is -0.220. The quantitative estimate of drug-likeness (QED) is 0.712. The molecule has 0 heterocycles. The Morgan fingerprint density at radius 2 is 1.88 bits per heavy atom. The summed E-state index contributed by atoms with van der Waals surface area (Å²) >= 11 is 1.75. The summed E-state index contributed by atoms with van der Waals surface area (Å²) < 4.78 is 10.0. The van der Waals surface area contributed by atoms with Gasteiger partial charge in [0.15, 0.2) is 0 Å². The maximum absolute atomic E-state index is 11.8. The summed E-state index contributed by atoms with van der Waals surface area (Å²) in [6.07, 6.45) is 4.88. The SMILES string of the molecule is CCOC(=O)C(C)(C)S[C@H]1CC[C@@H](OC)CC1. The normalized spacial score (nSPS) is 25.6. The van der Waals surface area contributed by atoms with Gasteiger partial charge in [-0.1, -0.05) is 0 Å². The lowest BCUT2D eigenvalue weighted by molar-refractivity contribution is -0.145. The van der Waals surface area contributed by atoms with E-state index in [4.69, 9.17) is 9.47 Å². The molecule has 0 radical (unpaired) electrons. The molecule has 0 atom stereocenters. The van der Waals surface area contributed by atoms with Crippen molar-refractivity contribution in [1.29, 1.82) is 0 Å². The van der Waals surface area contributed by atoms with Crippen molar-refractivity contribution >= 4 is 17.7 Å². The number of carbonyl (C=O) groups excluding carboxylic acids is 1. The molecule has 0 spiro atoms. The highest BCUT2D eigenvalue weighted by Gasteiger charge is 2.34. The predicted molar refractivity (Wildman–Crippen MR) is 71.4 cm³/mol. The summed E-state index contributed by atoms with van der Waals surface area (Å²) in [5.74, 6) is -0.0983. The average molecular weight is 260 g/mol. The van der Waals surface area contributed by atoms with Crippen LogP contribution in [0.25, 0.3) is 0 Å². The largest absolute Gasteiger partial charge is 0.465 e. The number of hydrogen-bond donors (Lipinski definition) is 0. The van der Waals surface area contributed by atoms with Crippen LogP contribution in [0.15, 0.2) is 0 Å². The van der Waals surface area contributed by atoms with Crippen LogP contribution < -0.4 is 0 Å². The van der Waals surface area contributed by atoms with Crippen molar-refractivity contribution in [3.8, 4) is 0 Å². The third-order valence-corrected chi connectivity index (χ3v) is 4.74. The first-order valence-electron chi connectivity index (χ1n) is 6.37. The molecule has 0 unspecified atom stereocenters. The molecule has 1 rings (SSSR count). The minimum Gasteiger partial charge on any atom is -0.465 e. The first-order chi connectivity index (χ1) is 7.99. The molecule has 0 aromatic heterocycles. The van der Waals surface area contributed by atoms with Crippen LogP contribution in [-0.4, -0.2) is 35.8 Å². The van der Waals surface area contributed by atoms with Gasteiger partial charge >= 0.3 is 5.97 Å². The Bertz CT molecular complexity index is 245. The molecular formula is C13H24O3S. The fourth-order valence-electron chi connectivity index (χ4n) is 2.16. The average Bonchev–Trinajstić information content (AvgIpc) is 2.30. The molecule has 0 N–H and O–H groups in total. The standard InChI is InChI=1S/C13H24O3S/c1-5-16-12(14)13(2,3)17-11-8-6-10(15-4)7-9-11/h10-11H,5-9H2,1-4H3/t10-,11+. The van der Waals surface area contributed by atoms with Crippen molar-refractivity contribution < 1.29 is 14.3 Å². The van der Waals surface area contributed by atoms with E-state index in [1.807, 2.05) is 20.8 Å². The number of hydrogen-bond acceptors (Lipinski definition) is 4. The van der Waals surface area contributed by atoms with Gasteiger partial charge in [-0.2, -0.15) is 0 Å². The van der Waals surface area contributed by atoms with E-state index in [1.165, 1.54) is 0 Å². The topological polar surface area (TPSA) is 35.5 Å². The molecule has 4 heteroatoms. The highest BCUT2D eigenvalue weighted by molar-refractivity contribution is 8.01. The van der Waals surface area contributed by atoms with Gasteiger partial charge in [0.2, 0.25) is 0 Å². The Balaban J connectivity index is 2.40. The molecule has 0 aromatic carbocycles. The van der Waals surface area contributed by atoms with E-state index in [0.717, 1.165) is 25.7 Å². The van der Waals surface area contributed by atoms with Gasteiger partial charge in [0.1, 0.15) is 4.75 Å². The van der Waals surface area contributed by atoms with Gasteiger partial charge in [0.25, 0.3) is 0 Å². The van der Waals surface area contributed by atoms with Crippen molar-refractivity contribution in [3.63, 3.8) is 0 Å². The third-order valence-electron chi connectivity index (χ3n) is 3.18. The molecule has 1 aliphatic carbocycles.